The summed E-state index contributed by atoms with van der Waals surface area (Å²) in [6.07, 6.45) is 4.68. The Hall–Kier alpha value is -1.13. The van der Waals surface area contributed by atoms with Gasteiger partial charge in [0.05, 0.1) is 17.6 Å². The van der Waals surface area contributed by atoms with Crippen molar-refractivity contribution in [3.8, 4) is 0 Å². The summed E-state index contributed by atoms with van der Waals surface area (Å²) in [6.45, 7) is 7.89. The van der Waals surface area contributed by atoms with Gasteiger partial charge in [-0.05, 0) is 45.4 Å². The van der Waals surface area contributed by atoms with Gasteiger partial charge in [0.25, 0.3) is 0 Å². The highest BCUT2D eigenvalue weighted by molar-refractivity contribution is 5.47. The zero-order valence-corrected chi connectivity index (χ0v) is 11.9. The monoisotopic (exact) mass is 260 g/mol. The first-order chi connectivity index (χ1) is 9.15. The van der Waals surface area contributed by atoms with Crippen molar-refractivity contribution in [2.24, 2.45) is 5.73 Å². The second kappa shape index (κ2) is 5.10. The zero-order valence-electron chi connectivity index (χ0n) is 11.9. The van der Waals surface area contributed by atoms with Gasteiger partial charge in [0.2, 0.25) is 0 Å². The van der Waals surface area contributed by atoms with E-state index < -0.39 is 0 Å². The molecule has 4 nitrogen and oxygen atoms in total. The maximum atomic E-state index is 5.86. The van der Waals surface area contributed by atoms with Crippen LogP contribution in [-0.4, -0.2) is 41.6 Å². The summed E-state index contributed by atoms with van der Waals surface area (Å²) >= 11 is 0. The molecule has 3 rings (SSSR count). The van der Waals surface area contributed by atoms with E-state index >= 15 is 0 Å². The van der Waals surface area contributed by atoms with Crippen LogP contribution in [-0.2, 0) is 0 Å². The van der Waals surface area contributed by atoms with Crippen LogP contribution in [0.25, 0.3) is 0 Å². The van der Waals surface area contributed by atoms with E-state index in [1.54, 1.807) is 0 Å². The Labute approximate surface area is 115 Å². The van der Waals surface area contributed by atoms with Gasteiger partial charge in [-0.2, -0.15) is 0 Å². The molecule has 2 aliphatic rings. The molecule has 19 heavy (non-hydrogen) atoms. The normalized spacial score (nSPS) is 29.3. The van der Waals surface area contributed by atoms with Crippen LogP contribution in [0.15, 0.2) is 18.3 Å². The standard InChI is InChI=1S/C15H24N4/c1-11-9-18-7-3-4-14(18)10-19(11)13-5-6-15(12(2)16)17-8-13/h5-6,8,11-12,14H,3-4,7,9-10,16H2,1-2H3. The first-order valence-electron chi connectivity index (χ1n) is 7.37. The van der Waals surface area contributed by atoms with Gasteiger partial charge in [0.15, 0.2) is 0 Å². The van der Waals surface area contributed by atoms with E-state index in [1.165, 1.54) is 31.6 Å². The molecule has 104 valence electrons. The average molecular weight is 260 g/mol. The lowest BCUT2D eigenvalue weighted by Gasteiger charge is -2.43. The predicted molar refractivity (Wildman–Crippen MR) is 78.2 cm³/mol. The van der Waals surface area contributed by atoms with Crippen molar-refractivity contribution in [1.29, 1.82) is 0 Å². The summed E-state index contributed by atoms with van der Waals surface area (Å²) in [5, 5.41) is 0. The molecule has 3 atom stereocenters. The van der Waals surface area contributed by atoms with Gasteiger partial charge in [-0.15, -0.1) is 0 Å². The van der Waals surface area contributed by atoms with Crippen LogP contribution in [0, 0.1) is 0 Å². The molecule has 3 heterocycles. The van der Waals surface area contributed by atoms with Crippen LogP contribution in [0.3, 0.4) is 0 Å². The number of hydrogen-bond acceptors (Lipinski definition) is 4. The molecular formula is C15H24N4. The minimum absolute atomic E-state index is 0.0122. The topological polar surface area (TPSA) is 45.4 Å². The van der Waals surface area contributed by atoms with E-state index in [4.69, 9.17) is 5.73 Å². The lowest BCUT2D eigenvalue weighted by Crippen LogP contribution is -2.55. The second-order valence-electron chi connectivity index (χ2n) is 6.02. The third kappa shape index (κ3) is 2.47. The molecular weight excluding hydrogens is 236 g/mol. The molecule has 0 radical (unpaired) electrons. The van der Waals surface area contributed by atoms with Crippen LogP contribution in [0.4, 0.5) is 5.69 Å². The van der Waals surface area contributed by atoms with E-state index in [-0.39, 0.29) is 6.04 Å². The Bertz CT molecular complexity index is 428. The lowest BCUT2D eigenvalue weighted by molar-refractivity contribution is 0.203. The van der Waals surface area contributed by atoms with Crippen LogP contribution < -0.4 is 10.6 Å². The minimum atomic E-state index is 0.0122. The predicted octanol–water partition coefficient (Wildman–Crippen LogP) is 1.77. The summed E-state index contributed by atoms with van der Waals surface area (Å²) in [5.74, 6) is 0. The van der Waals surface area contributed by atoms with Crippen molar-refractivity contribution in [3.05, 3.63) is 24.0 Å². The molecule has 2 fully saturated rings. The van der Waals surface area contributed by atoms with E-state index in [0.717, 1.165) is 18.3 Å². The maximum Gasteiger partial charge on any atom is 0.0569 e. The van der Waals surface area contributed by atoms with Gasteiger partial charge >= 0.3 is 0 Å². The van der Waals surface area contributed by atoms with Gasteiger partial charge in [-0.3, -0.25) is 9.88 Å². The maximum absolute atomic E-state index is 5.86. The Morgan fingerprint density at radius 1 is 1.37 bits per heavy atom. The second-order valence-corrected chi connectivity index (χ2v) is 6.02. The number of nitrogens with zero attached hydrogens (tertiary/aromatic N) is 3. The van der Waals surface area contributed by atoms with Crippen molar-refractivity contribution >= 4 is 5.69 Å². The summed E-state index contributed by atoms with van der Waals surface area (Å²) in [7, 11) is 0. The van der Waals surface area contributed by atoms with Gasteiger partial charge in [-0.25, -0.2) is 0 Å². The summed E-state index contributed by atoms with van der Waals surface area (Å²) in [5.41, 5.74) is 8.06. The largest absolute Gasteiger partial charge is 0.365 e. The third-order valence-corrected chi connectivity index (χ3v) is 4.51. The third-order valence-electron chi connectivity index (χ3n) is 4.51. The first-order valence-corrected chi connectivity index (χ1v) is 7.37. The number of piperazine rings is 1. The molecule has 0 saturated carbocycles. The van der Waals surface area contributed by atoms with Gasteiger partial charge in [0, 0.05) is 31.2 Å². The quantitative estimate of drug-likeness (QED) is 0.880. The molecule has 2 N–H and O–H groups in total. The van der Waals surface area contributed by atoms with Crippen molar-refractivity contribution in [2.45, 2.75) is 44.8 Å². The summed E-state index contributed by atoms with van der Waals surface area (Å²) < 4.78 is 0. The molecule has 0 amide bonds. The van der Waals surface area contributed by atoms with E-state index in [1.807, 2.05) is 13.1 Å². The molecule has 0 spiro atoms. The number of hydrogen-bond donors (Lipinski definition) is 1. The highest BCUT2D eigenvalue weighted by Crippen LogP contribution is 2.28. The van der Waals surface area contributed by atoms with Crippen LogP contribution >= 0.6 is 0 Å². The van der Waals surface area contributed by atoms with Crippen LogP contribution in [0.1, 0.15) is 38.4 Å². The van der Waals surface area contributed by atoms with Crippen molar-refractivity contribution in [1.82, 2.24) is 9.88 Å². The fraction of sp³-hybridized carbons (Fsp3) is 0.667. The number of pyridine rings is 1. The fourth-order valence-corrected chi connectivity index (χ4v) is 3.38. The van der Waals surface area contributed by atoms with Crippen molar-refractivity contribution < 1.29 is 0 Å². The Kier molecular flexibility index (Phi) is 3.46. The number of nitrogens with two attached hydrogens (primary N) is 1. The number of fused-ring (bicyclic) bond motifs is 1. The van der Waals surface area contributed by atoms with Gasteiger partial charge < -0.3 is 10.6 Å². The molecule has 2 saturated heterocycles. The Morgan fingerprint density at radius 3 is 2.89 bits per heavy atom. The molecule has 2 aliphatic heterocycles. The van der Waals surface area contributed by atoms with Crippen LogP contribution in [0.2, 0.25) is 0 Å². The number of rotatable bonds is 2. The lowest BCUT2D eigenvalue weighted by atomic mass is 10.1. The SMILES string of the molecule is CC(N)c1ccc(N2CC3CCCN3CC2C)cn1. The van der Waals surface area contributed by atoms with Gasteiger partial charge in [0.1, 0.15) is 0 Å². The fourth-order valence-electron chi connectivity index (χ4n) is 3.38. The highest BCUT2D eigenvalue weighted by atomic mass is 15.3. The van der Waals surface area contributed by atoms with Crippen molar-refractivity contribution in [3.63, 3.8) is 0 Å². The molecule has 1 aromatic heterocycles. The molecule has 1 aromatic rings. The molecule has 4 heteroatoms. The van der Waals surface area contributed by atoms with E-state index in [2.05, 4.69) is 33.8 Å². The molecule has 3 unspecified atom stereocenters. The smallest absolute Gasteiger partial charge is 0.0569 e. The molecule has 0 aliphatic carbocycles. The zero-order chi connectivity index (χ0) is 13.4. The van der Waals surface area contributed by atoms with Gasteiger partial charge in [-0.1, -0.05) is 0 Å². The molecule has 0 aromatic carbocycles. The Balaban J connectivity index is 1.77. The summed E-state index contributed by atoms with van der Waals surface area (Å²) in [4.78, 5) is 9.64. The van der Waals surface area contributed by atoms with E-state index in [9.17, 15) is 0 Å². The van der Waals surface area contributed by atoms with Crippen LogP contribution in [0.5, 0.6) is 0 Å². The van der Waals surface area contributed by atoms with Crippen molar-refractivity contribution in [2.75, 3.05) is 24.5 Å². The number of aromatic nitrogens is 1. The minimum Gasteiger partial charge on any atom is -0.365 e. The molecule has 0 bridgehead atoms. The average Bonchev–Trinajstić information content (AvgIpc) is 2.85. The summed E-state index contributed by atoms with van der Waals surface area (Å²) in [6, 6.07) is 5.56. The highest BCUT2D eigenvalue weighted by Gasteiger charge is 2.34. The Morgan fingerprint density at radius 2 is 2.21 bits per heavy atom. The number of anilines is 1. The first kappa shape index (κ1) is 12.9. The van der Waals surface area contributed by atoms with E-state index in [0.29, 0.717) is 6.04 Å².